The number of thiophene rings is 1. The van der Waals surface area contributed by atoms with Crippen molar-refractivity contribution in [1.82, 2.24) is 10.2 Å². The molecule has 0 saturated heterocycles. The minimum absolute atomic E-state index is 0.766. The van der Waals surface area contributed by atoms with E-state index in [1.807, 2.05) is 11.3 Å². The van der Waals surface area contributed by atoms with Crippen LogP contribution >= 0.6 is 11.3 Å². The van der Waals surface area contributed by atoms with Crippen molar-refractivity contribution in [3.05, 3.63) is 22.4 Å². The Hall–Kier alpha value is -1.07. The van der Waals surface area contributed by atoms with Crippen LogP contribution in [0.4, 0.5) is 0 Å². The third-order valence-electron chi connectivity index (χ3n) is 2.74. The Labute approximate surface area is 120 Å². The number of hydrogen-bond donors (Lipinski definition) is 1. The van der Waals surface area contributed by atoms with E-state index >= 15 is 0 Å². The zero-order chi connectivity index (χ0) is 13.9. The topological polar surface area (TPSA) is 36.9 Å². The summed E-state index contributed by atoms with van der Waals surface area (Å²) in [5.41, 5.74) is 0. The summed E-state index contributed by atoms with van der Waals surface area (Å²) < 4.78 is 5.04. The number of likely N-dealkylation sites (N-methyl/N-ethyl adjacent to an activating group) is 1. The van der Waals surface area contributed by atoms with Gasteiger partial charge in [0.25, 0.3) is 0 Å². The van der Waals surface area contributed by atoms with Gasteiger partial charge in [-0.15, -0.1) is 11.3 Å². The van der Waals surface area contributed by atoms with E-state index in [0.29, 0.717) is 0 Å². The fourth-order valence-electron chi connectivity index (χ4n) is 1.70. The third-order valence-corrected chi connectivity index (χ3v) is 3.67. The van der Waals surface area contributed by atoms with Crippen LogP contribution in [-0.2, 0) is 11.2 Å². The van der Waals surface area contributed by atoms with E-state index in [1.165, 1.54) is 4.88 Å². The molecule has 0 amide bonds. The molecule has 0 saturated carbocycles. The van der Waals surface area contributed by atoms with E-state index in [0.717, 1.165) is 45.0 Å². The average Bonchev–Trinajstić information content (AvgIpc) is 2.93. The maximum absolute atomic E-state index is 5.04. The van der Waals surface area contributed by atoms with Crippen molar-refractivity contribution < 1.29 is 4.74 Å². The van der Waals surface area contributed by atoms with Gasteiger partial charge in [0.2, 0.25) is 0 Å². The molecule has 4 nitrogen and oxygen atoms in total. The second-order valence-corrected chi connectivity index (χ2v) is 5.37. The van der Waals surface area contributed by atoms with Gasteiger partial charge >= 0.3 is 0 Å². The number of aliphatic imine (C=N–C) groups is 1. The SMILES string of the molecule is CCNC(=NCCCOC)N(C)CCc1cccs1. The quantitative estimate of drug-likeness (QED) is 0.451. The smallest absolute Gasteiger partial charge is 0.193 e. The van der Waals surface area contributed by atoms with Crippen molar-refractivity contribution in [1.29, 1.82) is 0 Å². The maximum Gasteiger partial charge on any atom is 0.193 e. The van der Waals surface area contributed by atoms with Crippen molar-refractivity contribution in [2.24, 2.45) is 4.99 Å². The van der Waals surface area contributed by atoms with Gasteiger partial charge in [0.15, 0.2) is 5.96 Å². The van der Waals surface area contributed by atoms with Crippen molar-refractivity contribution >= 4 is 17.3 Å². The van der Waals surface area contributed by atoms with Crippen LogP contribution < -0.4 is 5.32 Å². The minimum Gasteiger partial charge on any atom is -0.385 e. The fourth-order valence-corrected chi connectivity index (χ4v) is 2.40. The zero-order valence-corrected chi connectivity index (χ0v) is 13.0. The molecule has 0 radical (unpaired) electrons. The predicted molar refractivity (Wildman–Crippen MR) is 83.1 cm³/mol. The van der Waals surface area contributed by atoms with Crippen LogP contribution in [0.2, 0.25) is 0 Å². The van der Waals surface area contributed by atoms with E-state index in [2.05, 4.69) is 46.7 Å². The Bertz CT molecular complexity index is 352. The molecule has 0 unspecified atom stereocenters. The highest BCUT2D eigenvalue weighted by molar-refractivity contribution is 7.09. The van der Waals surface area contributed by atoms with Crippen LogP contribution in [0.25, 0.3) is 0 Å². The van der Waals surface area contributed by atoms with Gasteiger partial charge < -0.3 is 15.0 Å². The Morgan fingerprint density at radius 3 is 3.00 bits per heavy atom. The number of ether oxygens (including phenoxy) is 1. The fraction of sp³-hybridized carbons (Fsp3) is 0.643. The Morgan fingerprint density at radius 2 is 2.37 bits per heavy atom. The highest BCUT2D eigenvalue weighted by Gasteiger charge is 2.05. The molecule has 0 bridgehead atoms. The summed E-state index contributed by atoms with van der Waals surface area (Å²) in [6.07, 6.45) is 2.03. The van der Waals surface area contributed by atoms with Crippen molar-refractivity contribution in [3.8, 4) is 0 Å². The highest BCUT2D eigenvalue weighted by Crippen LogP contribution is 2.09. The molecule has 19 heavy (non-hydrogen) atoms. The van der Waals surface area contributed by atoms with Gasteiger partial charge in [-0.05, 0) is 31.2 Å². The molecule has 108 valence electrons. The lowest BCUT2D eigenvalue weighted by Gasteiger charge is -2.21. The minimum atomic E-state index is 0.766. The van der Waals surface area contributed by atoms with E-state index in [9.17, 15) is 0 Å². The molecule has 1 heterocycles. The van der Waals surface area contributed by atoms with E-state index in [4.69, 9.17) is 4.74 Å². The first-order chi connectivity index (χ1) is 9.27. The molecule has 0 atom stereocenters. The number of nitrogens with zero attached hydrogens (tertiary/aromatic N) is 2. The van der Waals surface area contributed by atoms with Crippen molar-refractivity contribution in [2.45, 2.75) is 19.8 Å². The summed E-state index contributed by atoms with van der Waals surface area (Å²) in [4.78, 5) is 8.21. The summed E-state index contributed by atoms with van der Waals surface area (Å²) in [6.45, 7) is 5.54. The van der Waals surface area contributed by atoms with Crippen LogP contribution in [0, 0.1) is 0 Å². The average molecular weight is 283 g/mol. The predicted octanol–water partition coefficient (Wildman–Crippen LogP) is 2.22. The first-order valence-electron chi connectivity index (χ1n) is 6.78. The maximum atomic E-state index is 5.04. The monoisotopic (exact) mass is 283 g/mol. The number of hydrogen-bond acceptors (Lipinski definition) is 3. The molecule has 1 rings (SSSR count). The van der Waals surface area contributed by atoms with Crippen LogP contribution in [0.15, 0.2) is 22.5 Å². The Kier molecular flexibility index (Phi) is 8.25. The molecular formula is C14H25N3OS. The Balaban J connectivity index is 2.40. The van der Waals surface area contributed by atoms with Gasteiger partial charge in [-0.1, -0.05) is 6.07 Å². The molecule has 1 aromatic rings. The molecule has 0 fully saturated rings. The molecule has 0 spiro atoms. The van der Waals surface area contributed by atoms with Gasteiger partial charge in [-0.2, -0.15) is 0 Å². The summed E-state index contributed by atoms with van der Waals surface area (Å²) >= 11 is 1.81. The van der Waals surface area contributed by atoms with Gasteiger partial charge in [0.1, 0.15) is 0 Å². The molecule has 0 aliphatic rings. The molecule has 0 aliphatic carbocycles. The number of nitrogens with one attached hydrogen (secondary N) is 1. The van der Waals surface area contributed by atoms with Gasteiger partial charge in [-0.3, -0.25) is 4.99 Å². The highest BCUT2D eigenvalue weighted by atomic mass is 32.1. The van der Waals surface area contributed by atoms with E-state index in [1.54, 1.807) is 7.11 Å². The zero-order valence-electron chi connectivity index (χ0n) is 12.2. The Morgan fingerprint density at radius 1 is 1.53 bits per heavy atom. The lowest BCUT2D eigenvalue weighted by atomic mass is 10.3. The largest absolute Gasteiger partial charge is 0.385 e. The standard InChI is InChI=1S/C14H25N3OS/c1-4-15-14(16-9-6-11-18-3)17(2)10-8-13-7-5-12-19-13/h5,7,12H,4,6,8-11H2,1-3H3,(H,15,16). The number of methoxy groups -OCH3 is 1. The van der Waals surface area contributed by atoms with Gasteiger partial charge in [-0.25, -0.2) is 0 Å². The first-order valence-corrected chi connectivity index (χ1v) is 7.66. The summed E-state index contributed by atoms with van der Waals surface area (Å²) in [7, 11) is 3.81. The number of rotatable bonds is 8. The molecule has 5 heteroatoms. The van der Waals surface area contributed by atoms with E-state index < -0.39 is 0 Å². The van der Waals surface area contributed by atoms with Crippen LogP contribution in [0.1, 0.15) is 18.2 Å². The van der Waals surface area contributed by atoms with Crippen LogP contribution in [0.5, 0.6) is 0 Å². The van der Waals surface area contributed by atoms with Crippen LogP contribution in [0.3, 0.4) is 0 Å². The molecule has 0 aliphatic heterocycles. The lowest BCUT2D eigenvalue weighted by Crippen LogP contribution is -2.40. The summed E-state index contributed by atoms with van der Waals surface area (Å²) in [5.74, 6) is 0.982. The summed E-state index contributed by atoms with van der Waals surface area (Å²) in [5, 5.41) is 5.45. The first kappa shape index (κ1) is 16.0. The molecule has 0 aromatic carbocycles. The second-order valence-electron chi connectivity index (χ2n) is 4.33. The lowest BCUT2D eigenvalue weighted by molar-refractivity contribution is 0.197. The van der Waals surface area contributed by atoms with E-state index in [-0.39, 0.29) is 0 Å². The third kappa shape index (κ3) is 6.59. The van der Waals surface area contributed by atoms with Crippen molar-refractivity contribution in [2.75, 3.05) is 40.4 Å². The summed E-state index contributed by atoms with van der Waals surface area (Å²) in [6, 6.07) is 4.28. The molecular weight excluding hydrogens is 258 g/mol. The second kappa shape index (κ2) is 9.81. The number of guanidine groups is 1. The molecule has 1 aromatic heterocycles. The molecule has 1 N–H and O–H groups in total. The van der Waals surface area contributed by atoms with Crippen molar-refractivity contribution in [3.63, 3.8) is 0 Å². The van der Waals surface area contributed by atoms with Crippen LogP contribution in [-0.4, -0.2) is 51.3 Å². The normalized spacial score (nSPS) is 11.6. The van der Waals surface area contributed by atoms with Gasteiger partial charge in [0, 0.05) is 45.3 Å². The van der Waals surface area contributed by atoms with Gasteiger partial charge in [0.05, 0.1) is 0 Å².